The Labute approximate surface area is 138 Å². The van der Waals surface area contributed by atoms with E-state index in [1.807, 2.05) is 6.20 Å². The summed E-state index contributed by atoms with van der Waals surface area (Å²) in [7, 11) is 1.81. The van der Waals surface area contributed by atoms with Crippen LogP contribution in [0.5, 0.6) is 5.75 Å². The zero-order chi connectivity index (χ0) is 17.1. The van der Waals surface area contributed by atoms with E-state index < -0.39 is 5.82 Å². The number of nitrogens with zero attached hydrogens (tertiary/aromatic N) is 3. The van der Waals surface area contributed by atoms with Gasteiger partial charge in [0.2, 0.25) is 11.8 Å². The van der Waals surface area contributed by atoms with Gasteiger partial charge < -0.3 is 4.74 Å². The van der Waals surface area contributed by atoms with Crippen molar-refractivity contribution in [2.45, 2.75) is 12.8 Å². The standard InChI is InChI=1S/C17H18FN3O3/c1-20-11-12(10-19-20)7-13-8-16(22)21(17(13)23)5-6-24-15-4-2-3-14(18)9-15/h2-4,9-11,13H,5-8H2,1H3/t13-/m1/s1. The molecule has 1 aromatic carbocycles. The molecule has 24 heavy (non-hydrogen) atoms. The van der Waals surface area contributed by atoms with Crippen LogP contribution in [0.1, 0.15) is 12.0 Å². The van der Waals surface area contributed by atoms with E-state index in [1.165, 1.54) is 17.0 Å². The molecular formula is C17H18FN3O3. The Morgan fingerprint density at radius 1 is 1.38 bits per heavy atom. The highest BCUT2D eigenvalue weighted by molar-refractivity contribution is 6.03. The number of hydrogen-bond donors (Lipinski definition) is 0. The summed E-state index contributed by atoms with van der Waals surface area (Å²) in [4.78, 5) is 25.7. The lowest BCUT2D eigenvalue weighted by molar-refractivity contribution is -0.139. The summed E-state index contributed by atoms with van der Waals surface area (Å²) in [6, 6.07) is 5.75. The second-order valence-corrected chi connectivity index (χ2v) is 5.82. The summed E-state index contributed by atoms with van der Waals surface area (Å²) in [5.74, 6) is -0.752. The van der Waals surface area contributed by atoms with Gasteiger partial charge in [0.1, 0.15) is 18.2 Å². The number of ether oxygens (including phenoxy) is 1. The Balaban J connectivity index is 1.54. The first-order chi connectivity index (χ1) is 11.5. The van der Waals surface area contributed by atoms with Crippen molar-refractivity contribution in [2.24, 2.45) is 13.0 Å². The zero-order valence-corrected chi connectivity index (χ0v) is 13.3. The number of halogens is 1. The second-order valence-electron chi connectivity index (χ2n) is 5.82. The molecule has 6 nitrogen and oxygen atoms in total. The smallest absolute Gasteiger partial charge is 0.233 e. The van der Waals surface area contributed by atoms with Crippen LogP contribution in [0.25, 0.3) is 0 Å². The lowest BCUT2D eigenvalue weighted by Crippen LogP contribution is -2.34. The van der Waals surface area contributed by atoms with E-state index in [2.05, 4.69) is 5.10 Å². The number of carbonyl (C=O) groups excluding carboxylic acids is 2. The van der Waals surface area contributed by atoms with Crippen LogP contribution >= 0.6 is 0 Å². The fourth-order valence-corrected chi connectivity index (χ4v) is 2.82. The molecule has 126 valence electrons. The van der Waals surface area contributed by atoms with Gasteiger partial charge in [0.05, 0.1) is 18.7 Å². The Kier molecular flexibility index (Phi) is 4.59. The van der Waals surface area contributed by atoms with Crippen molar-refractivity contribution in [1.29, 1.82) is 0 Å². The molecule has 1 aromatic heterocycles. The average Bonchev–Trinajstić information content (AvgIpc) is 3.05. The molecule has 2 amide bonds. The number of rotatable bonds is 6. The molecule has 0 radical (unpaired) electrons. The van der Waals surface area contributed by atoms with Crippen molar-refractivity contribution in [3.8, 4) is 5.75 Å². The molecule has 0 bridgehead atoms. The summed E-state index contributed by atoms with van der Waals surface area (Å²) in [6.45, 7) is 0.304. The Morgan fingerprint density at radius 3 is 2.92 bits per heavy atom. The van der Waals surface area contributed by atoms with Crippen LogP contribution in [0.2, 0.25) is 0 Å². The van der Waals surface area contributed by atoms with E-state index in [9.17, 15) is 14.0 Å². The van der Waals surface area contributed by atoms with Crippen molar-refractivity contribution in [2.75, 3.05) is 13.2 Å². The van der Waals surface area contributed by atoms with Gasteiger partial charge in [-0.05, 0) is 24.1 Å². The Bertz CT molecular complexity index is 759. The van der Waals surface area contributed by atoms with Crippen LogP contribution in [0.3, 0.4) is 0 Å². The molecule has 2 aromatic rings. The van der Waals surface area contributed by atoms with E-state index >= 15 is 0 Å². The minimum absolute atomic E-state index is 0.139. The molecule has 0 spiro atoms. The van der Waals surface area contributed by atoms with E-state index in [4.69, 9.17) is 4.74 Å². The maximum atomic E-state index is 13.1. The van der Waals surface area contributed by atoms with E-state index in [0.717, 1.165) is 5.56 Å². The topological polar surface area (TPSA) is 64.4 Å². The molecule has 1 atom stereocenters. The summed E-state index contributed by atoms with van der Waals surface area (Å²) in [6.07, 6.45) is 4.24. The Morgan fingerprint density at radius 2 is 2.21 bits per heavy atom. The fraction of sp³-hybridized carbons (Fsp3) is 0.353. The van der Waals surface area contributed by atoms with Gasteiger partial charge in [-0.1, -0.05) is 6.07 Å². The number of hydrogen-bond acceptors (Lipinski definition) is 4. The summed E-state index contributed by atoms with van der Waals surface area (Å²) >= 11 is 0. The number of likely N-dealkylation sites (tertiary alicyclic amines) is 1. The minimum atomic E-state index is -0.391. The normalized spacial score (nSPS) is 17.6. The van der Waals surface area contributed by atoms with Crippen LogP contribution in [0.4, 0.5) is 4.39 Å². The van der Waals surface area contributed by atoms with Gasteiger partial charge in [-0.25, -0.2) is 4.39 Å². The van der Waals surface area contributed by atoms with Gasteiger partial charge >= 0.3 is 0 Å². The van der Waals surface area contributed by atoms with Crippen molar-refractivity contribution in [1.82, 2.24) is 14.7 Å². The zero-order valence-electron chi connectivity index (χ0n) is 13.3. The van der Waals surface area contributed by atoms with Gasteiger partial charge in [-0.2, -0.15) is 5.10 Å². The predicted octanol–water partition coefficient (Wildman–Crippen LogP) is 1.56. The van der Waals surface area contributed by atoms with E-state index in [-0.39, 0.29) is 37.3 Å². The van der Waals surface area contributed by atoms with E-state index in [0.29, 0.717) is 12.2 Å². The maximum absolute atomic E-state index is 13.1. The number of amides is 2. The molecule has 0 saturated carbocycles. The molecule has 1 aliphatic rings. The predicted molar refractivity (Wildman–Crippen MR) is 83.6 cm³/mol. The monoisotopic (exact) mass is 331 g/mol. The minimum Gasteiger partial charge on any atom is -0.492 e. The number of carbonyl (C=O) groups is 2. The third kappa shape index (κ3) is 3.61. The van der Waals surface area contributed by atoms with Gasteiger partial charge in [-0.3, -0.25) is 19.2 Å². The number of aromatic nitrogens is 2. The number of imide groups is 1. The van der Waals surface area contributed by atoms with Crippen molar-refractivity contribution < 1.29 is 18.7 Å². The Hall–Kier alpha value is -2.70. The molecule has 1 aliphatic heterocycles. The maximum Gasteiger partial charge on any atom is 0.233 e. The lowest BCUT2D eigenvalue weighted by atomic mass is 10.0. The van der Waals surface area contributed by atoms with Crippen LogP contribution in [0, 0.1) is 11.7 Å². The highest BCUT2D eigenvalue weighted by Crippen LogP contribution is 2.23. The van der Waals surface area contributed by atoms with Gasteiger partial charge in [-0.15, -0.1) is 0 Å². The third-order valence-corrected chi connectivity index (χ3v) is 3.96. The number of benzene rings is 1. The summed E-state index contributed by atoms with van der Waals surface area (Å²) in [5.41, 5.74) is 0.932. The third-order valence-electron chi connectivity index (χ3n) is 3.96. The summed E-state index contributed by atoms with van der Waals surface area (Å²) < 4.78 is 20.1. The van der Waals surface area contributed by atoms with Crippen LogP contribution in [-0.4, -0.2) is 39.6 Å². The molecular weight excluding hydrogens is 313 g/mol. The molecule has 7 heteroatoms. The van der Waals surface area contributed by atoms with Crippen molar-refractivity contribution in [3.63, 3.8) is 0 Å². The van der Waals surface area contributed by atoms with Crippen LogP contribution < -0.4 is 4.74 Å². The van der Waals surface area contributed by atoms with E-state index in [1.54, 1.807) is 30.1 Å². The van der Waals surface area contributed by atoms with Crippen molar-refractivity contribution in [3.05, 3.63) is 48.0 Å². The summed E-state index contributed by atoms with van der Waals surface area (Å²) in [5, 5.41) is 4.07. The largest absolute Gasteiger partial charge is 0.492 e. The molecule has 2 heterocycles. The molecule has 0 aliphatic carbocycles. The molecule has 0 unspecified atom stereocenters. The SMILES string of the molecule is Cn1cc(C[C@@H]2CC(=O)N(CCOc3cccc(F)c3)C2=O)cn1. The highest BCUT2D eigenvalue weighted by atomic mass is 19.1. The first-order valence-corrected chi connectivity index (χ1v) is 7.73. The number of aryl methyl sites for hydroxylation is 1. The van der Waals surface area contributed by atoms with Crippen LogP contribution in [-0.2, 0) is 23.1 Å². The second kappa shape index (κ2) is 6.82. The van der Waals surface area contributed by atoms with Gasteiger partial charge in [0, 0.05) is 25.7 Å². The molecule has 0 N–H and O–H groups in total. The van der Waals surface area contributed by atoms with Crippen LogP contribution in [0.15, 0.2) is 36.7 Å². The quantitative estimate of drug-likeness (QED) is 0.754. The van der Waals surface area contributed by atoms with Gasteiger partial charge in [0.15, 0.2) is 0 Å². The van der Waals surface area contributed by atoms with Crippen molar-refractivity contribution >= 4 is 11.8 Å². The van der Waals surface area contributed by atoms with Gasteiger partial charge in [0.25, 0.3) is 0 Å². The first kappa shape index (κ1) is 16.2. The molecule has 1 saturated heterocycles. The average molecular weight is 331 g/mol. The molecule has 1 fully saturated rings. The highest BCUT2D eigenvalue weighted by Gasteiger charge is 2.38. The first-order valence-electron chi connectivity index (χ1n) is 7.73. The molecule has 3 rings (SSSR count). The fourth-order valence-electron chi connectivity index (χ4n) is 2.82. The lowest BCUT2D eigenvalue weighted by Gasteiger charge is -2.15.